The lowest BCUT2D eigenvalue weighted by molar-refractivity contribution is -0.123. The molecule has 1 saturated heterocycles. The van der Waals surface area contributed by atoms with Crippen LogP contribution in [0.15, 0.2) is 24.3 Å². The highest BCUT2D eigenvalue weighted by atomic mass is 16.1. The molecule has 0 N–H and O–H groups in total. The van der Waals surface area contributed by atoms with Crippen LogP contribution in [0.1, 0.15) is 57.9 Å². The molecule has 3 unspecified atom stereocenters. The Morgan fingerprint density at radius 3 is 2.37 bits per heavy atom. The summed E-state index contributed by atoms with van der Waals surface area (Å²) in [5.41, 5.74) is 2.67. The van der Waals surface area contributed by atoms with Gasteiger partial charge >= 0.3 is 0 Å². The molecule has 3 heteroatoms. The second-order valence-electron chi connectivity index (χ2n) is 8.95. The summed E-state index contributed by atoms with van der Waals surface area (Å²) in [7, 11) is 0. The number of anilines is 1. The second kappa shape index (κ2) is 9.73. The van der Waals surface area contributed by atoms with Gasteiger partial charge in [-0.25, -0.2) is 0 Å². The van der Waals surface area contributed by atoms with E-state index in [0.717, 1.165) is 51.5 Å². The van der Waals surface area contributed by atoms with Crippen molar-refractivity contribution in [3.8, 4) is 0 Å². The van der Waals surface area contributed by atoms with Gasteiger partial charge in [-0.2, -0.15) is 0 Å². The Balaban J connectivity index is 1.42. The molecule has 150 valence electrons. The van der Waals surface area contributed by atoms with Crippen molar-refractivity contribution in [1.82, 2.24) is 4.90 Å². The number of ketones is 1. The van der Waals surface area contributed by atoms with Crippen molar-refractivity contribution in [1.29, 1.82) is 0 Å². The third-order valence-corrected chi connectivity index (χ3v) is 6.98. The summed E-state index contributed by atoms with van der Waals surface area (Å²) in [6, 6.07) is 8.90. The van der Waals surface area contributed by atoms with Crippen molar-refractivity contribution in [2.24, 2.45) is 17.8 Å². The van der Waals surface area contributed by atoms with E-state index < -0.39 is 0 Å². The summed E-state index contributed by atoms with van der Waals surface area (Å²) in [6.45, 7) is 12.0. The predicted molar refractivity (Wildman–Crippen MR) is 114 cm³/mol. The Kier molecular flexibility index (Phi) is 7.34. The van der Waals surface area contributed by atoms with Gasteiger partial charge in [0.15, 0.2) is 0 Å². The molecule has 0 aromatic heterocycles. The predicted octanol–water partition coefficient (Wildman–Crippen LogP) is 4.93. The Morgan fingerprint density at radius 1 is 1.07 bits per heavy atom. The van der Waals surface area contributed by atoms with Crippen LogP contribution >= 0.6 is 0 Å². The van der Waals surface area contributed by atoms with Crippen LogP contribution in [0, 0.1) is 24.7 Å². The molecule has 27 heavy (non-hydrogen) atoms. The maximum absolute atomic E-state index is 12.3. The van der Waals surface area contributed by atoms with Gasteiger partial charge in [0.05, 0.1) is 0 Å². The van der Waals surface area contributed by atoms with E-state index >= 15 is 0 Å². The topological polar surface area (TPSA) is 23.6 Å². The monoisotopic (exact) mass is 370 g/mol. The van der Waals surface area contributed by atoms with Crippen molar-refractivity contribution in [3.63, 3.8) is 0 Å². The summed E-state index contributed by atoms with van der Waals surface area (Å²) in [5.74, 6) is 2.09. The van der Waals surface area contributed by atoms with Crippen molar-refractivity contribution >= 4 is 11.5 Å². The van der Waals surface area contributed by atoms with E-state index in [1.807, 2.05) is 6.92 Å². The molecule has 1 aromatic rings. The largest absolute Gasteiger partial charge is 0.369 e. The molecular formula is C24H38N2O. The van der Waals surface area contributed by atoms with Crippen molar-refractivity contribution < 1.29 is 4.79 Å². The molecule has 1 aliphatic carbocycles. The Labute approximate surface area is 166 Å². The maximum atomic E-state index is 12.3. The zero-order chi connectivity index (χ0) is 19.2. The first kappa shape index (κ1) is 20.4. The van der Waals surface area contributed by atoms with E-state index in [1.54, 1.807) is 0 Å². The van der Waals surface area contributed by atoms with Gasteiger partial charge in [-0.05, 0) is 63.6 Å². The number of Topliss-reactive ketones (excluding diaryl/α,β-unsaturated/α-hetero) is 1. The minimum absolute atomic E-state index is 0.300. The molecule has 1 heterocycles. The first-order valence-electron chi connectivity index (χ1n) is 11.1. The lowest BCUT2D eigenvalue weighted by Gasteiger charge is -2.37. The second-order valence-corrected chi connectivity index (χ2v) is 8.95. The molecule has 0 radical (unpaired) electrons. The first-order valence-corrected chi connectivity index (χ1v) is 11.1. The van der Waals surface area contributed by atoms with E-state index in [1.165, 1.54) is 36.9 Å². The molecule has 0 amide bonds. The van der Waals surface area contributed by atoms with Crippen LogP contribution in [0.3, 0.4) is 0 Å². The van der Waals surface area contributed by atoms with E-state index in [4.69, 9.17) is 0 Å². The minimum Gasteiger partial charge on any atom is -0.369 e. The van der Waals surface area contributed by atoms with E-state index in [9.17, 15) is 4.79 Å². The van der Waals surface area contributed by atoms with Crippen LogP contribution in [-0.4, -0.2) is 43.4 Å². The van der Waals surface area contributed by atoms with Crippen LogP contribution in [0.25, 0.3) is 0 Å². The summed E-state index contributed by atoms with van der Waals surface area (Å²) in [5, 5.41) is 0. The smallest absolute Gasteiger partial charge is 0.133 e. The SMILES string of the molecule is CC(=O)C(CCCN1CCN(c2ccc(C)cc2)CC1)C1CCCCC1C. The molecular weight excluding hydrogens is 332 g/mol. The Hall–Kier alpha value is -1.35. The van der Waals surface area contributed by atoms with Gasteiger partial charge < -0.3 is 4.90 Å². The molecule has 3 nitrogen and oxygen atoms in total. The number of piperazine rings is 1. The molecule has 1 aromatic carbocycles. The third-order valence-electron chi connectivity index (χ3n) is 6.98. The number of aryl methyl sites for hydroxylation is 1. The van der Waals surface area contributed by atoms with Gasteiger partial charge in [-0.1, -0.05) is 43.9 Å². The van der Waals surface area contributed by atoms with Gasteiger partial charge in [0.1, 0.15) is 5.78 Å². The Morgan fingerprint density at radius 2 is 1.74 bits per heavy atom. The summed E-state index contributed by atoms with van der Waals surface area (Å²) >= 11 is 0. The zero-order valence-corrected chi connectivity index (χ0v) is 17.6. The summed E-state index contributed by atoms with van der Waals surface area (Å²) in [4.78, 5) is 17.4. The van der Waals surface area contributed by atoms with Crippen LogP contribution in [0.2, 0.25) is 0 Å². The molecule has 1 aliphatic heterocycles. The molecule has 1 saturated carbocycles. The zero-order valence-electron chi connectivity index (χ0n) is 17.6. The van der Waals surface area contributed by atoms with Crippen molar-refractivity contribution in [3.05, 3.63) is 29.8 Å². The lowest BCUT2D eigenvalue weighted by atomic mass is 9.70. The normalized spacial score (nSPS) is 25.4. The fourth-order valence-corrected chi connectivity index (χ4v) is 5.18. The molecule has 0 spiro atoms. The van der Waals surface area contributed by atoms with E-state index in [-0.39, 0.29) is 0 Å². The number of carbonyl (C=O) groups excluding carboxylic acids is 1. The highest BCUT2D eigenvalue weighted by molar-refractivity contribution is 5.78. The van der Waals surface area contributed by atoms with Gasteiger partial charge in [0.2, 0.25) is 0 Å². The first-order chi connectivity index (χ1) is 13.0. The van der Waals surface area contributed by atoms with Gasteiger partial charge in [0.25, 0.3) is 0 Å². The average molecular weight is 371 g/mol. The van der Waals surface area contributed by atoms with Crippen LogP contribution < -0.4 is 4.90 Å². The van der Waals surface area contributed by atoms with E-state index in [2.05, 4.69) is 47.9 Å². The number of nitrogens with zero attached hydrogens (tertiary/aromatic N) is 2. The van der Waals surface area contributed by atoms with Crippen LogP contribution in [0.4, 0.5) is 5.69 Å². The number of rotatable bonds is 7. The Bertz CT molecular complexity index is 589. The van der Waals surface area contributed by atoms with Crippen LogP contribution in [0.5, 0.6) is 0 Å². The molecule has 3 atom stereocenters. The molecule has 3 rings (SSSR count). The lowest BCUT2D eigenvalue weighted by Crippen LogP contribution is -2.46. The quantitative estimate of drug-likeness (QED) is 0.680. The van der Waals surface area contributed by atoms with E-state index in [0.29, 0.717) is 17.6 Å². The number of benzene rings is 1. The van der Waals surface area contributed by atoms with Crippen molar-refractivity contribution in [2.45, 2.75) is 59.3 Å². The highest BCUT2D eigenvalue weighted by Gasteiger charge is 2.31. The third kappa shape index (κ3) is 5.57. The minimum atomic E-state index is 0.300. The summed E-state index contributed by atoms with van der Waals surface area (Å²) in [6.07, 6.45) is 7.50. The number of hydrogen-bond donors (Lipinski definition) is 0. The summed E-state index contributed by atoms with van der Waals surface area (Å²) < 4.78 is 0. The number of hydrogen-bond acceptors (Lipinski definition) is 3. The fourth-order valence-electron chi connectivity index (χ4n) is 5.18. The standard InChI is InChI=1S/C24H38N2O/c1-19-10-12-22(13-11-19)26-17-15-25(16-18-26)14-6-9-24(21(3)27)23-8-5-4-7-20(23)2/h10-13,20,23-24H,4-9,14-18H2,1-3H3. The maximum Gasteiger partial charge on any atom is 0.133 e. The van der Waals surface area contributed by atoms with Gasteiger partial charge in [-0.15, -0.1) is 0 Å². The van der Waals surface area contributed by atoms with Crippen molar-refractivity contribution in [2.75, 3.05) is 37.6 Å². The molecule has 2 fully saturated rings. The molecule has 0 bridgehead atoms. The number of carbonyl (C=O) groups is 1. The highest BCUT2D eigenvalue weighted by Crippen LogP contribution is 2.37. The van der Waals surface area contributed by atoms with Gasteiger partial charge in [0, 0.05) is 37.8 Å². The average Bonchev–Trinajstić information content (AvgIpc) is 2.67. The van der Waals surface area contributed by atoms with Gasteiger partial charge in [-0.3, -0.25) is 9.69 Å². The molecule has 2 aliphatic rings. The fraction of sp³-hybridized carbons (Fsp3) is 0.708. The van der Waals surface area contributed by atoms with Crippen LogP contribution in [-0.2, 0) is 4.79 Å².